The second-order valence-electron chi connectivity index (χ2n) is 3.19. The van der Waals surface area contributed by atoms with E-state index in [1.807, 2.05) is 13.8 Å². The van der Waals surface area contributed by atoms with Gasteiger partial charge in [-0.3, -0.25) is 4.79 Å². The van der Waals surface area contributed by atoms with Gasteiger partial charge in [0.25, 0.3) is 5.91 Å². The third-order valence-electron chi connectivity index (χ3n) is 2.05. The lowest BCUT2D eigenvalue weighted by Gasteiger charge is -2.08. The van der Waals surface area contributed by atoms with Crippen molar-refractivity contribution in [2.24, 2.45) is 16.2 Å². The Hall–Kier alpha value is -1.39. The van der Waals surface area contributed by atoms with E-state index in [1.54, 1.807) is 14.0 Å². The monoisotopic (exact) mass is 197 g/mol. The molecule has 14 heavy (non-hydrogen) atoms. The van der Waals surface area contributed by atoms with Crippen LogP contribution in [0.3, 0.4) is 0 Å². The molecule has 0 N–H and O–H groups in total. The summed E-state index contributed by atoms with van der Waals surface area (Å²) in [5.41, 5.74) is 1.42. The number of nitrogens with zero attached hydrogens (tertiary/aromatic N) is 3. The predicted octanol–water partition coefficient (Wildman–Crippen LogP) is 0.863. The molecule has 1 aliphatic rings. The number of carbonyl (C=O) groups is 1. The Morgan fingerprint density at radius 2 is 2.36 bits per heavy atom. The van der Waals surface area contributed by atoms with E-state index in [-0.39, 0.29) is 11.8 Å². The van der Waals surface area contributed by atoms with E-state index in [0.29, 0.717) is 12.3 Å². The topological polar surface area (TPSA) is 54.3 Å². The van der Waals surface area contributed by atoms with Crippen molar-refractivity contribution in [2.75, 3.05) is 13.7 Å². The SMILES string of the molecule is CCO/N=C(/C)C1C(=O)N(C)N=C1C. The predicted molar refractivity (Wildman–Crippen MR) is 54.1 cm³/mol. The van der Waals surface area contributed by atoms with E-state index in [2.05, 4.69) is 10.3 Å². The van der Waals surface area contributed by atoms with E-state index >= 15 is 0 Å². The Labute approximate surface area is 83.4 Å². The molecule has 0 radical (unpaired) electrons. The second kappa shape index (κ2) is 4.21. The Morgan fingerprint density at radius 3 is 2.79 bits per heavy atom. The zero-order valence-corrected chi connectivity index (χ0v) is 8.94. The zero-order chi connectivity index (χ0) is 10.7. The van der Waals surface area contributed by atoms with E-state index in [4.69, 9.17) is 4.84 Å². The molecular formula is C9H15N3O2. The van der Waals surface area contributed by atoms with Crippen LogP contribution in [-0.4, -0.2) is 36.0 Å². The first-order valence-corrected chi connectivity index (χ1v) is 4.57. The second-order valence-corrected chi connectivity index (χ2v) is 3.19. The maximum Gasteiger partial charge on any atom is 0.257 e. The largest absolute Gasteiger partial charge is 0.396 e. The summed E-state index contributed by atoms with van der Waals surface area (Å²) < 4.78 is 0. The van der Waals surface area contributed by atoms with Crippen molar-refractivity contribution in [2.45, 2.75) is 20.8 Å². The fourth-order valence-corrected chi connectivity index (χ4v) is 1.41. The molecule has 1 heterocycles. The van der Waals surface area contributed by atoms with E-state index < -0.39 is 0 Å². The molecule has 78 valence electrons. The highest BCUT2D eigenvalue weighted by atomic mass is 16.6. The summed E-state index contributed by atoms with van der Waals surface area (Å²) in [6.07, 6.45) is 0. The smallest absolute Gasteiger partial charge is 0.257 e. The van der Waals surface area contributed by atoms with Crippen molar-refractivity contribution in [3.63, 3.8) is 0 Å². The Morgan fingerprint density at radius 1 is 1.71 bits per heavy atom. The zero-order valence-electron chi connectivity index (χ0n) is 8.94. The highest BCUT2D eigenvalue weighted by Crippen LogP contribution is 2.15. The molecule has 1 unspecified atom stereocenters. The quantitative estimate of drug-likeness (QED) is 0.497. The van der Waals surface area contributed by atoms with Crippen LogP contribution in [0.5, 0.6) is 0 Å². The first-order valence-electron chi connectivity index (χ1n) is 4.57. The summed E-state index contributed by atoms with van der Waals surface area (Å²) in [5, 5.41) is 9.23. The Bertz CT molecular complexity index is 296. The van der Waals surface area contributed by atoms with Gasteiger partial charge in [0.05, 0.1) is 11.4 Å². The summed E-state index contributed by atoms with van der Waals surface area (Å²) in [6, 6.07) is 0. The van der Waals surface area contributed by atoms with Crippen LogP contribution in [-0.2, 0) is 9.63 Å². The minimum absolute atomic E-state index is 0.0524. The third-order valence-corrected chi connectivity index (χ3v) is 2.05. The minimum Gasteiger partial charge on any atom is -0.396 e. The molecule has 0 aromatic heterocycles. The molecule has 1 rings (SSSR count). The van der Waals surface area contributed by atoms with Crippen LogP contribution < -0.4 is 0 Å². The normalized spacial score (nSPS) is 22.7. The van der Waals surface area contributed by atoms with Crippen LogP contribution in [0.1, 0.15) is 20.8 Å². The molecule has 1 atom stereocenters. The van der Waals surface area contributed by atoms with E-state index in [9.17, 15) is 4.79 Å². The highest BCUT2D eigenvalue weighted by molar-refractivity contribution is 6.22. The van der Waals surface area contributed by atoms with Crippen molar-refractivity contribution in [1.82, 2.24) is 5.01 Å². The molecule has 5 nitrogen and oxygen atoms in total. The number of amides is 1. The van der Waals surface area contributed by atoms with Crippen molar-refractivity contribution in [3.05, 3.63) is 0 Å². The van der Waals surface area contributed by atoms with Gasteiger partial charge in [0, 0.05) is 7.05 Å². The number of hydrogen-bond donors (Lipinski definition) is 0. The number of oxime groups is 1. The Kier molecular flexibility index (Phi) is 3.22. The van der Waals surface area contributed by atoms with Gasteiger partial charge in [0.15, 0.2) is 0 Å². The summed E-state index contributed by atoms with van der Waals surface area (Å²) in [4.78, 5) is 16.5. The Balaban J connectivity index is 2.79. The number of carbonyl (C=O) groups excluding carboxylic acids is 1. The molecule has 1 amide bonds. The molecule has 0 aromatic carbocycles. The van der Waals surface area contributed by atoms with E-state index in [1.165, 1.54) is 5.01 Å². The molecule has 0 aliphatic carbocycles. The molecule has 0 saturated carbocycles. The number of hydrazone groups is 1. The lowest BCUT2D eigenvalue weighted by Crippen LogP contribution is -2.29. The fraction of sp³-hybridized carbons (Fsp3) is 0.667. The summed E-state index contributed by atoms with van der Waals surface area (Å²) >= 11 is 0. The van der Waals surface area contributed by atoms with E-state index in [0.717, 1.165) is 5.71 Å². The third kappa shape index (κ3) is 1.92. The minimum atomic E-state index is -0.341. The standard InChI is InChI=1S/C9H15N3O2/c1-5-14-11-7(3)8-6(2)10-12(4)9(8)13/h8H,5H2,1-4H3/b11-7-. The van der Waals surface area contributed by atoms with Gasteiger partial charge >= 0.3 is 0 Å². The van der Waals surface area contributed by atoms with Crippen molar-refractivity contribution >= 4 is 17.3 Å². The molecule has 1 aliphatic heterocycles. The van der Waals surface area contributed by atoms with Crippen LogP contribution >= 0.6 is 0 Å². The first-order chi connectivity index (χ1) is 6.57. The highest BCUT2D eigenvalue weighted by Gasteiger charge is 2.33. The molecule has 0 spiro atoms. The van der Waals surface area contributed by atoms with Crippen LogP contribution in [0.4, 0.5) is 0 Å². The summed E-state index contributed by atoms with van der Waals surface area (Å²) in [6.45, 7) is 5.94. The van der Waals surface area contributed by atoms with Crippen molar-refractivity contribution in [3.8, 4) is 0 Å². The van der Waals surface area contributed by atoms with Gasteiger partial charge in [0.1, 0.15) is 12.5 Å². The number of rotatable bonds is 3. The summed E-state index contributed by atoms with van der Waals surface area (Å²) in [5.74, 6) is -0.394. The van der Waals surface area contributed by atoms with Gasteiger partial charge in [-0.1, -0.05) is 5.16 Å². The average Bonchev–Trinajstić information content (AvgIpc) is 2.38. The first kappa shape index (κ1) is 10.7. The molecule has 0 fully saturated rings. The van der Waals surface area contributed by atoms with Gasteiger partial charge in [-0.15, -0.1) is 0 Å². The fourth-order valence-electron chi connectivity index (χ4n) is 1.41. The molecule has 0 aromatic rings. The maximum atomic E-state index is 11.6. The average molecular weight is 197 g/mol. The number of hydrogen-bond acceptors (Lipinski definition) is 4. The molecule has 5 heteroatoms. The maximum absolute atomic E-state index is 11.6. The van der Waals surface area contributed by atoms with Crippen LogP contribution in [0.15, 0.2) is 10.3 Å². The molecule has 0 saturated heterocycles. The van der Waals surface area contributed by atoms with Crippen LogP contribution in [0, 0.1) is 5.92 Å². The molecular weight excluding hydrogens is 182 g/mol. The molecule has 0 bridgehead atoms. The van der Waals surface area contributed by atoms with Gasteiger partial charge in [-0.05, 0) is 20.8 Å². The van der Waals surface area contributed by atoms with Gasteiger partial charge in [0.2, 0.25) is 0 Å². The van der Waals surface area contributed by atoms with Crippen molar-refractivity contribution < 1.29 is 9.63 Å². The van der Waals surface area contributed by atoms with Gasteiger partial charge < -0.3 is 4.84 Å². The van der Waals surface area contributed by atoms with Gasteiger partial charge in [-0.25, -0.2) is 5.01 Å². The van der Waals surface area contributed by atoms with Crippen molar-refractivity contribution in [1.29, 1.82) is 0 Å². The summed E-state index contributed by atoms with van der Waals surface area (Å²) in [7, 11) is 1.64. The lowest BCUT2D eigenvalue weighted by atomic mass is 10.00. The lowest BCUT2D eigenvalue weighted by molar-refractivity contribution is -0.128. The van der Waals surface area contributed by atoms with Crippen LogP contribution in [0.25, 0.3) is 0 Å². The van der Waals surface area contributed by atoms with Crippen LogP contribution in [0.2, 0.25) is 0 Å². The van der Waals surface area contributed by atoms with Gasteiger partial charge in [-0.2, -0.15) is 5.10 Å².